The van der Waals surface area contributed by atoms with E-state index in [0.29, 0.717) is 16.9 Å². The van der Waals surface area contributed by atoms with Gasteiger partial charge in [-0.3, -0.25) is 4.57 Å². The first-order valence-corrected chi connectivity index (χ1v) is 13.9. The summed E-state index contributed by atoms with van der Waals surface area (Å²) < 4.78 is 13.4. The molecular formula is C27H29ClN6O6S. The van der Waals surface area contributed by atoms with Gasteiger partial charge in [0.2, 0.25) is 10.9 Å². The minimum atomic E-state index is -1.88. The number of rotatable bonds is 14. The molecule has 12 nitrogen and oxygen atoms in total. The minimum absolute atomic E-state index is 0.0108. The quantitative estimate of drug-likeness (QED) is 0.124. The fourth-order valence-electron chi connectivity index (χ4n) is 4.15. The van der Waals surface area contributed by atoms with Crippen molar-refractivity contribution in [2.45, 2.75) is 50.3 Å². The summed E-state index contributed by atoms with van der Waals surface area (Å²) in [5.41, 5.74) is 1.12. The molecular weight excluding hydrogens is 572 g/mol. The molecule has 0 radical (unpaired) electrons. The molecule has 4 atom stereocenters. The van der Waals surface area contributed by atoms with Crippen LogP contribution in [-0.4, -0.2) is 77.3 Å². The maximum atomic E-state index is 12.7. The number of carboxylic acids is 1. The van der Waals surface area contributed by atoms with E-state index in [1.54, 1.807) is 29.6 Å². The number of hydrogen-bond acceptors (Lipinski definition) is 11. The van der Waals surface area contributed by atoms with Gasteiger partial charge in [-0.1, -0.05) is 36.3 Å². The molecule has 4 aromatic rings. The monoisotopic (exact) mass is 600 g/mol. The highest BCUT2D eigenvalue weighted by Crippen LogP contribution is 2.32. The van der Waals surface area contributed by atoms with Crippen LogP contribution in [0.5, 0.6) is 0 Å². The topological polar surface area (TPSA) is 165 Å². The number of fused-ring (bicyclic) bond motifs is 1. The Morgan fingerprint density at radius 3 is 2.63 bits per heavy atom. The van der Waals surface area contributed by atoms with Crippen molar-refractivity contribution in [1.29, 1.82) is 0 Å². The molecule has 0 aliphatic rings. The van der Waals surface area contributed by atoms with Crippen LogP contribution in [0.4, 0.5) is 5.82 Å². The number of thiazole rings is 1. The van der Waals surface area contributed by atoms with Crippen molar-refractivity contribution < 1.29 is 29.6 Å². The number of hydrogen-bond donors (Lipinski definition) is 4. The average molecular weight is 601 g/mol. The molecule has 4 N–H and O–H groups in total. The normalized spacial score (nSPS) is 15.2. The van der Waals surface area contributed by atoms with Crippen LogP contribution >= 0.6 is 22.9 Å². The largest absolute Gasteiger partial charge is 0.479 e. The van der Waals surface area contributed by atoms with E-state index in [1.807, 2.05) is 19.9 Å². The summed E-state index contributed by atoms with van der Waals surface area (Å²) in [7, 11) is 0. The van der Waals surface area contributed by atoms with E-state index >= 15 is 0 Å². The number of carbonyl (C=O) groups is 1. The van der Waals surface area contributed by atoms with Gasteiger partial charge in [-0.05, 0) is 31.0 Å². The molecule has 0 unspecified atom stereocenters. The fraction of sp³-hybridized carbons (Fsp3) is 0.370. The molecule has 0 aliphatic carbocycles. The third-order valence-corrected chi connectivity index (χ3v) is 6.83. The predicted octanol–water partition coefficient (Wildman–Crippen LogP) is 2.87. The number of ether oxygens (including phenoxy) is 2. The zero-order chi connectivity index (χ0) is 29.6. The number of aromatic nitrogens is 5. The number of terminal acetylenes is 1. The second kappa shape index (κ2) is 13.3. The lowest BCUT2D eigenvalue weighted by atomic mass is 9.91. The van der Waals surface area contributed by atoms with Crippen molar-refractivity contribution in [2.24, 2.45) is 0 Å². The summed E-state index contributed by atoms with van der Waals surface area (Å²) in [4.78, 5) is 29.7. The average Bonchev–Trinajstić information content (AvgIpc) is 3.63. The number of benzene rings is 1. The van der Waals surface area contributed by atoms with Gasteiger partial charge in [0.15, 0.2) is 29.3 Å². The van der Waals surface area contributed by atoms with Gasteiger partial charge in [-0.2, -0.15) is 9.97 Å². The number of aliphatic hydroxyl groups excluding tert-OH is 2. The fourth-order valence-corrected chi connectivity index (χ4v) is 4.93. The Morgan fingerprint density at radius 1 is 1.27 bits per heavy atom. The van der Waals surface area contributed by atoms with Gasteiger partial charge in [0.05, 0.1) is 30.7 Å². The van der Waals surface area contributed by atoms with Gasteiger partial charge in [0, 0.05) is 17.8 Å². The lowest BCUT2D eigenvalue weighted by molar-refractivity contribution is -0.185. The van der Waals surface area contributed by atoms with Crippen LogP contribution in [0.1, 0.15) is 31.3 Å². The molecule has 0 fully saturated rings. The highest BCUT2D eigenvalue weighted by molar-refractivity contribution is 7.07. The molecule has 3 aromatic heterocycles. The van der Waals surface area contributed by atoms with Crippen LogP contribution in [0, 0.1) is 12.3 Å². The van der Waals surface area contributed by atoms with Gasteiger partial charge in [0.1, 0.15) is 6.10 Å². The van der Waals surface area contributed by atoms with E-state index in [2.05, 4.69) is 31.2 Å². The standard InChI is InChI=1S/C27H29ClN6O6S/c1-4-19(36)24(34-14-29-21-22(31-16(2)3)32-26(28)33-23(21)34)40-18(11-35)12-39-27(25(37)38,20-13-41-15-30-20)10-17-8-6-5-7-9-17/h1,5-9,13-16,18-19,24,35-36H,10-12H2,2-3H3,(H,37,38)(H,31,32,33)/t18-,19+,24+,27+/m0/s1. The van der Waals surface area contributed by atoms with Gasteiger partial charge in [0.25, 0.3) is 0 Å². The number of anilines is 1. The Hall–Kier alpha value is -3.64. The van der Waals surface area contributed by atoms with E-state index in [-0.39, 0.29) is 35.7 Å². The van der Waals surface area contributed by atoms with Gasteiger partial charge in [-0.25, -0.2) is 14.8 Å². The lowest BCUT2D eigenvalue weighted by Crippen LogP contribution is -2.44. The third kappa shape index (κ3) is 6.82. The molecule has 3 heterocycles. The van der Waals surface area contributed by atoms with Gasteiger partial charge < -0.3 is 30.1 Å². The first-order valence-electron chi connectivity index (χ1n) is 12.6. The van der Waals surface area contributed by atoms with Gasteiger partial charge in [-0.15, -0.1) is 17.8 Å². The van der Waals surface area contributed by atoms with Crippen molar-refractivity contribution in [3.63, 3.8) is 0 Å². The zero-order valence-corrected chi connectivity index (χ0v) is 23.8. The molecule has 0 saturated heterocycles. The number of aliphatic carboxylic acids is 1. The highest BCUT2D eigenvalue weighted by Gasteiger charge is 2.44. The second-order valence-electron chi connectivity index (χ2n) is 9.39. The summed E-state index contributed by atoms with van der Waals surface area (Å²) in [6, 6.07) is 8.99. The molecule has 0 bridgehead atoms. The number of halogens is 1. The maximum absolute atomic E-state index is 12.7. The van der Waals surface area contributed by atoms with Crippen molar-refractivity contribution in [3.05, 3.63) is 64.1 Å². The van der Waals surface area contributed by atoms with Crippen LogP contribution in [0.3, 0.4) is 0 Å². The molecule has 216 valence electrons. The highest BCUT2D eigenvalue weighted by atomic mass is 35.5. The van der Waals surface area contributed by atoms with E-state index in [9.17, 15) is 20.1 Å². The van der Waals surface area contributed by atoms with Crippen LogP contribution in [0.25, 0.3) is 11.2 Å². The first-order chi connectivity index (χ1) is 19.7. The van der Waals surface area contributed by atoms with Gasteiger partial charge >= 0.3 is 5.97 Å². The summed E-state index contributed by atoms with van der Waals surface area (Å²) in [5, 5.41) is 35.9. The SMILES string of the molecule is C#C[C@@H](O)[C@@H](O[C@@H](CO)CO[C@@](Cc1ccccc1)(C(=O)O)c1cscn1)n1cnc2c(NC(C)C)nc(Cl)nc21. The summed E-state index contributed by atoms with van der Waals surface area (Å²) >= 11 is 7.39. The van der Waals surface area contributed by atoms with Crippen LogP contribution in [-0.2, 0) is 26.3 Å². The van der Waals surface area contributed by atoms with E-state index in [0.717, 1.165) is 0 Å². The molecule has 14 heteroatoms. The Balaban J connectivity index is 1.65. The molecule has 1 aromatic carbocycles. The molecule has 41 heavy (non-hydrogen) atoms. The summed E-state index contributed by atoms with van der Waals surface area (Å²) in [6.45, 7) is 2.86. The Labute approximate surface area is 245 Å². The zero-order valence-electron chi connectivity index (χ0n) is 22.2. The first kappa shape index (κ1) is 30.3. The lowest BCUT2D eigenvalue weighted by Gasteiger charge is -2.32. The second-order valence-corrected chi connectivity index (χ2v) is 10.4. The predicted molar refractivity (Wildman–Crippen MR) is 152 cm³/mol. The Kier molecular flexibility index (Phi) is 9.87. The number of nitrogens with one attached hydrogen (secondary N) is 1. The van der Waals surface area contributed by atoms with Crippen LogP contribution in [0.2, 0.25) is 5.28 Å². The summed E-state index contributed by atoms with van der Waals surface area (Å²) in [5.74, 6) is 1.33. The van der Waals surface area contributed by atoms with Crippen LogP contribution < -0.4 is 5.32 Å². The number of nitrogens with zero attached hydrogens (tertiary/aromatic N) is 5. The summed E-state index contributed by atoms with van der Waals surface area (Å²) in [6.07, 6.45) is 2.93. The Bertz CT molecular complexity index is 1500. The van der Waals surface area contributed by atoms with Crippen LogP contribution in [0.15, 0.2) is 47.5 Å². The van der Waals surface area contributed by atoms with E-state index in [4.69, 9.17) is 27.5 Å². The Morgan fingerprint density at radius 2 is 2.02 bits per heavy atom. The number of imidazole rings is 1. The minimum Gasteiger partial charge on any atom is -0.479 e. The van der Waals surface area contributed by atoms with Crippen molar-refractivity contribution in [2.75, 3.05) is 18.5 Å². The third-order valence-electron chi connectivity index (χ3n) is 6.07. The maximum Gasteiger partial charge on any atom is 0.342 e. The number of aliphatic hydroxyl groups is 2. The van der Waals surface area contributed by atoms with Crippen molar-refractivity contribution in [1.82, 2.24) is 24.5 Å². The molecule has 0 amide bonds. The van der Waals surface area contributed by atoms with Crippen molar-refractivity contribution in [3.8, 4) is 12.3 Å². The van der Waals surface area contributed by atoms with E-state index in [1.165, 1.54) is 27.7 Å². The number of carboxylic acid groups (broad SMARTS) is 1. The van der Waals surface area contributed by atoms with E-state index < -0.39 is 36.6 Å². The molecule has 0 aliphatic heterocycles. The molecule has 4 rings (SSSR count). The smallest absolute Gasteiger partial charge is 0.342 e. The van der Waals surface area contributed by atoms with Crippen molar-refractivity contribution >= 4 is 45.9 Å². The molecule has 0 saturated carbocycles. The molecule has 0 spiro atoms.